The van der Waals surface area contributed by atoms with Crippen molar-refractivity contribution in [3.63, 3.8) is 0 Å². The zero-order valence-electron chi connectivity index (χ0n) is 17.6. The lowest BCUT2D eigenvalue weighted by Crippen LogP contribution is -2.47. The average Bonchev–Trinajstić information content (AvgIpc) is 3.26. The molecule has 1 fully saturated rings. The van der Waals surface area contributed by atoms with E-state index in [1.165, 1.54) is 14.5 Å². The highest BCUT2D eigenvalue weighted by Gasteiger charge is 2.44. The molecule has 3 aromatic rings. The lowest BCUT2D eigenvalue weighted by Gasteiger charge is -2.27. The minimum atomic E-state index is -0.848. The van der Waals surface area contributed by atoms with E-state index in [-0.39, 0.29) is 24.1 Å². The molecule has 0 saturated carbocycles. The predicted molar refractivity (Wildman–Crippen MR) is 116 cm³/mol. The van der Waals surface area contributed by atoms with E-state index in [1.54, 1.807) is 37.4 Å². The van der Waals surface area contributed by atoms with E-state index in [0.717, 1.165) is 5.56 Å². The molecule has 0 bridgehead atoms. The molecule has 3 amide bonds. The fourth-order valence-electron chi connectivity index (χ4n) is 3.96. The lowest BCUT2D eigenvalue weighted by molar-refractivity contribution is -0.122. The van der Waals surface area contributed by atoms with Gasteiger partial charge in [-0.25, -0.2) is 4.90 Å². The quantitative estimate of drug-likeness (QED) is 0.579. The Hall–Kier alpha value is -3.74. The first kappa shape index (κ1) is 20.5. The van der Waals surface area contributed by atoms with Crippen molar-refractivity contribution in [1.29, 1.82) is 0 Å². The third-order valence-corrected chi connectivity index (χ3v) is 5.48. The smallest absolute Gasteiger partial charge is 0.272 e. The van der Waals surface area contributed by atoms with E-state index >= 15 is 0 Å². The Bertz CT molecular complexity index is 1110. The van der Waals surface area contributed by atoms with E-state index < -0.39 is 6.04 Å². The summed E-state index contributed by atoms with van der Waals surface area (Å²) in [5.41, 5.74) is 2.68. The van der Waals surface area contributed by atoms with Crippen molar-refractivity contribution in [3.8, 4) is 0 Å². The number of aromatic nitrogens is 2. The molecule has 1 aromatic heterocycles. The average molecular weight is 416 g/mol. The van der Waals surface area contributed by atoms with Crippen LogP contribution in [-0.4, -0.2) is 45.0 Å². The molecule has 158 valence electrons. The summed E-state index contributed by atoms with van der Waals surface area (Å²) in [5, 5.41) is 4.26. The first-order valence-electron chi connectivity index (χ1n) is 10.2. The molecule has 0 N–H and O–H groups in total. The molecular weight excluding hydrogens is 392 g/mol. The summed E-state index contributed by atoms with van der Waals surface area (Å²) in [5.74, 6) is -0.989. The van der Waals surface area contributed by atoms with Gasteiger partial charge < -0.3 is 4.90 Å². The molecule has 0 spiro atoms. The van der Waals surface area contributed by atoms with Crippen molar-refractivity contribution in [2.24, 2.45) is 7.05 Å². The monoisotopic (exact) mass is 416 g/mol. The summed E-state index contributed by atoms with van der Waals surface area (Å²) in [6, 6.07) is 19.4. The van der Waals surface area contributed by atoms with E-state index in [9.17, 15) is 14.4 Å². The SMILES string of the molecule is Cc1cc(C(=O)N(CCc2ccccc2)[C@H]2CC(=O)N(c3ccccc3)C2=O)n(C)n1. The van der Waals surface area contributed by atoms with Crippen molar-refractivity contribution in [2.75, 3.05) is 11.4 Å². The van der Waals surface area contributed by atoms with Crippen LogP contribution in [-0.2, 0) is 23.1 Å². The molecule has 1 aliphatic rings. The Labute approximate surface area is 180 Å². The van der Waals surface area contributed by atoms with Crippen LogP contribution < -0.4 is 4.90 Å². The van der Waals surface area contributed by atoms with Crippen LogP contribution in [0.25, 0.3) is 0 Å². The van der Waals surface area contributed by atoms with Gasteiger partial charge in [-0.05, 0) is 37.1 Å². The van der Waals surface area contributed by atoms with Crippen LogP contribution in [0.3, 0.4) is 0 Å². The molecule has 7 heteroatoms. The summed E-state index contributed by atoms with van der Waals surface area (Å²) >= 11 is 0. The minimum Gasteiger partial charge on any atom is -0.324 e. The van der Waals surface area contributed by atoms with Gasteiger partial charge in [0.15, 0.2) is 0 Å². The number of nitrogens with zero attached hydrogens (tertiary/aromatic N) is 4. The Morgan fingerprint density at radius 3 is 2.32 bits per heavy atom. The second-order valence-electron chi connectivity index (χ2n) is 7.65. The van der Waals surface area contributed by atoms with Crippen molar-refractivity contribution in [3.05, 3.63) is 83.7 Å². The molecule has 1 saturated heterocycles. The van der Waals surface area contributed by atoms with Crippen molar-refractivity contribution in [1.82, 2.24) is 14.7 Å². The fourth-order valence-corrected chi connectivity index (χ4v) is 3.96. The van der Waals surface area contributed by atoms with Crippen molar-refractivity contribution >= 4 is 23.4 Å². The van der Waals surface area contributed by atoms with E-state index in [4.69, 9.17) is 0 Å². The topological polar surface area (TPSA) is 75.5 Å². The van der Waals surface area contributed by atoms with Crippen molar-refractivity contribution < 1.29 is 14.4 Å². The van der Waals surface area contributed by atoms with Gasteiger partial charge in [0.1, 0.15) is 11.7 Å². The highest BCUT2D eigenvalue weighted by atomic mass is 16.2. The summed E-state index contributed by atoms with van der Waals surface area (Å²) in [4.78, 5) is 42.2. The number of anilines is 1. The zero-order valence-corrected chi connectivity index (χ0v) is 17.6. The van der Waals surface area contributed by atoms with Gasteiger partial charge in [0.05, 0.1) is 17.8 Å². The van der Waals surface area contributed by atoms with Gasteiger partial charge in [0, 0.05) is 13.6 Å². The first-order chi connectivity index (χ1) is 15.0. The number of aryl methyl sites for hydroxylation is 2. The van der Waals surface area contributed by atoms with Gasteiger partial charge in [0.2, 0.25) is 5.91 Å². The third-order valence-electron chi connectivity index (χ3n) is 5.48. The molecule has 1 aliphatic heterocycles. The summed E-state index contributed by atoms with van der Waals surface area (Å²) in [6.45, 7) is 2.13. The number of para-hydroxylation sites is 1. The maximum absolute atomic E-state index is 13.5. The zero-order chi connectivity index (χ0) is 22.0. The van der Waals surface area contributed by atoms with Crippen LogP contribution in [0.1, 0.15) is 28.2 Å². The molecule has 4 rings (SSSR count). The van der Waals surface area contributed by atoms with Gasteiger partial charge in [0.25, 0.3) is 11.8 Å². The molecule has 0 unspecified atom stereocenters. The number of hydrogen-bond donors (Lipinski definition) is 0. The Morgan fingerprint density at radius 1 is 1.06 bits per heavy atom. The largest absolute Gasteiger partial charge is 0.324 e. The van der Waals surface area contributed by atoms with Gasteiger partial charge >= 0.3 is 0 Å². The Kier molecular flexibility index (Phi) is 5.66. The third kappa shape index (κ3) is 4.12. The maximum Gasteiger partial charge on any atom is 0.272 e. The van der Waals surface area contributed by atoms with Crippen LogP contribution in [0.5, 0.6) is 0 Å². The van der Waals surface area contributed by atoms with Crippen molar-refractivity contribution in [2.45, 2.75) is 25.8 Å². The molecule has 0 aliphatic carbocycles. The van der Waals surface area contributed by atoms with Gasteiger partial charge in [-0.3, -0.25) is 19.1 Å². The first-order valence-corrected chi connectivity index (χ1v) is 10.2. The normalized spacial score (nSPS) is 16.1. The number of rotatable bonds is 6. The van der Waals surface area contributed by atoms with Crippen LogP contribution in [0, 0.1) is 6.92 Å². The van der Waals surface area contributed by atoms with Crippen LogP contribution in [0.2, 0.25) is 0 Å². The Balaban J connectivity index is 1.65. The number of carbonyl (C=O) groups is 3. The Morgan fingerprint density at radius 2 is 1.71 bits per heavy atom. The molecule has 1 atom stereocenters. The number of carbonyl (C=O) groups excluding carboxylic acids is 3. The van der Waals surface area contributed by atoms with Crippen LogP contribution >= 0.6 is 0 Å². The molecule has 0 radical (unpaired) electrons. The number of amides is 3. The molecule has 31 heavy (non-hydrogen) atoms. The van der Waals surface area contributed by atoms with E-state index in [2.05, 4.69) is 5.10 Å². The highest BCUT2D eigenvalue weighted by molar-refractivity contribution is 6.23. The molecular formula is C24H24N4O3. The van der Waals surface area contributed by atoms with Crippen LogP contribution in [0.4, 0.5) is 5.69 Å². The maximum atomic E-state index is 13.5. The predicted octanol–water partition coefficient (Wildman–Crippen LogP) is 2.75. The van der Waals surface area contributed by atoms with E-state index in [0.29, 0.717) is 30.0 Å². The summed E-state index contributed by atoms with van der Waals surface area (Å²) in [7, 11) is 1.70. The molecule has 2 heterocycles. The van der Waals surface area contributed by atoms with E-state index in [1.807, 2.05) is 43.3 Å². The standard InChI is InChI=1S/C24H24N4O3/c1-17-15-20(26(2)25-17)23(30)27(14-13-18-9-5-3-6-10-18)21-16-22(29)28(24(21)31)19-11-7-4-8-12-19/h3-12,15,21H,13-14,16H2,1-2H3/t21-/m0/s1. The minimum absolute atomic E-state index is 0.0366. The number of benzene rings is 2. The second-order valence-corrected chi connectivity index (χ2v) is 7.65. The highest BCUT2D eigenvalue weighted by Crippen LogP contribution is 2.27. The summed E-state index contributed by atoms with van der Waals surface area (Å²) in [6.07, 6.45) is 0.539. The van der Waals surface area contributed by atoms with Crippen LogP contribution in [0.15, 0.2) is 66.7 Å². The summed E-state index contributed by atoms with van der Waals surface area (Å²) < 4.78 is 1.52. The van der Waals surface area contributed by atoms with Gasteiger partial charge in [-0.15, -0.1) is 0 Å². The lowest BCUT2D eigenvalue weighted by atomic mass is 10.1. The van der Waals surface area contributed by atoms with Gasteiger partial charge in [-0.1, -0.05) is 48.5 Å². The molecule has 2 aromatic carbocycles. The van der Waals surface area contributed by atoms with Gasteiger partial charge in [-0.2, -0.15) is 5.10 Å². The number of imide groups is 1. The fraction of sp³-hybridized carbons (Fsp3) is 0.250. The number of hydrogen-bond acceptors (Lipinski definition) is 4. The molecule has 7 nitrogen and oxygen atoms in total. The second kappa shape index (κ2) is 8.55.